The van der Waals surface area contributed by atoms with Crippen LogP contribution in [0, 0.1) is 11.8 Å². The molecular weight excluding hydrogens is 104 g/mol. The number of epoxide rings is 1. The normalized spacial score (nSPS) is 72.4. The molecule has 3 aliphatic rings. The van der Waals surface area contributed by atoms with E-state index in [1.807, 2.05) is 0 Å². The Kier molecular flexibility index (Phi) is 0.364. The van der Waals surface area contributed by atoms with Crippen molar-refractivity contribution < 1.29 is 9.84 Å². The van der Waals surface area contributed by atoms with Crippen LogP contribution in [0.5, 0.6) is 0 Å². The highest BCUT2D eigenvalue weighted by molar-refractivity contribution is 5.36. The molecule has 2 aliphatic carbocycles. The van der Waals surface area contributed by atoms with Gasteiger partial charge in [0.2, 0.25) is 0 Å². The molecule has 1 aliphatic heterocycles. The molecule has 1 saturated heterocycles. The third-order valence-electron chi connectivity index (χ3n) is 2.80. The molecule has 1 N–H and O–H groups in total. The Labute approximate surface area is 47.5 Å². The van der Waals surface area contributed by atoms with Crippen molar-refractivity contribution in [2.24, 2.45) is 11.8 Å². The van der Waals surface area contributed by atoms with E-state index in [4.69, 9.17) is 9.84 Å². The van der Waals surface area contributed by atoms with Gasteiger partial charge >= 0.3 is 0 Å². The molecule has 3 fully saturated rings. The molecule has 44 valence electrons. The lowest BCUT2D eigenvalue weighted by atomic mass is 10.1. The van der Waals surface area contributed by atoms with Crippen LogP contribution < -0.4 is 0 Å². The molecule has 2 heteroatoms. The summed E-state index contributed by atoms with van der Waals surface area (Å²) in [6.45, 7) is 0.243. The highest BCUT2D eigenvalue weighted by Gasteiger charge is 2.89. The lowest BCUT2D eigenvalue weighted by molar-refractivity contribution is 0.238. The largest absolute Gasteiger partial charge is 0.394 e. The molecule has 3 atom stereocenters. The number of hydrogen-bond acceptors (Lipinski definition) is 2. The SMILES string of the molecule is OCC1OC12C1CC12. The summed E-state index contributed by atoms with van der Waals surface area (Å²) in [5, 5.41) is 8.59. The first-order chi connectivity index (χ1) is 3.89. The van der Waals surface area contributed by atoms with Crippen LogP contribution in [0.1, 0.15) is 6.42 Å². The van der Waals surface area contributed by atoms with Crippen LogP contribution in [0.3, 0.4) is 0 Å². The van der Waals surface area contributed by atoms with Crippen LogP contribution >= 0.6 is 0 Å². The number of aliphatic hydroxyl groups is 1. The average Bonchev–Trinajstić information content (AvgIpc) is 2.63. The molecule has 0 radical (unpaired) electrons. The summed E-state index contributed by atoms with van der Waals surface area (Å²) < 4.78 is 5.28. The van der Waals surface area contributed by atoms with E-state index in [0.29, 0.717) is 0 Å². The van der Waals surface area contributed by atoms with E-state index >= 15 is 0 Å². The van der Waals surface area contributed by atoms with Gasteiger partial charge in [-0.25, -0.2) is 0 Å². The molecule has 0 aromatic carbocycles. The number of ether oxygens (including phenoxy) is 1. The maximum Gasteiger partial charge on any atom is 0.111 e. The van der Waals surface area contributed by atoms with E-state index in [0.717, 1.165) is 11.8 Å². The lowest BCUT2D eigenvalue weighted by Gasteiger charge is -1.88. The van der Waals surface area contributed by atoms with E-state index in [9.17, 15) is 0 Å². The van der Waals surface area contributed by atoms with Crippen LogP contribution in [-0.4, -0.2) is 23.4 Å². The van der Waals surface area contributed by atoms with Crippen molar-refractivity contribution in [2.75, 3.05) is 6.61 Å². The maximum absolute atomic E-state index is 8.59. The standard InChI is InChI=1S/C6H8O2/c7-2-5-6(8-5)3-1-4(3)6/h3-5,7H,1-2H2. The second-order valence-corrected chi connectivity index (χ2v) is 3.09. The van der Waals surface area contributed by atoms with Crippen molar-refractivity contribution in [1.82, 2.24) is 0 Å². The van der Waals surface area contributed by atoms with Crippen molar-refractivity contribution in [3.63, 3.8) is 0 Å². The monoisotopic (exact) mass is 112 g/mol. The second kappa shape index (κ2) is 0.755. The Bertz CT molecular complexity index is 147. The van der Waals surface area contributed by atoms with Crippen molar-refractivity contribution >= 4 is 0 Å². The van der Waals surface area contributed by atoms with Crippen LogP contribution in [-0.2, 0) is 4.74 Å². The van der Waals surface area contributed by atoms with Gasteiger partial charge in [0.15, 0.2) is 0 Å². The van der Waals surface area contributed by atoms with Crippen molar-refractivity contribution in [3.05, 3.63) is 0 Å². The van der Waals surface area contributed by atoms with Gasteiger partial charge in [-0.3, -0.25) is 0 Å². The minimum absolute atomic E-state index is 0.242. The maximum atomic E-state index is 8.59. The lowest BCUT2D eigenvalue weighted by Crippen LogP contribution is -2.06. The van der Waals surface area contributed by atoms with Gasteiger partial charge in [-0.15, -0.1) is 0 Å². The van der Waals surface area contributed by atoms with E-state index in [1.54, 1.807) is 0 Å². The molecule has 0 aromatic rings. The van der Waals surface area contributed by atoms with E-state index in [2.05, 4.69) is 0 Å². The Balaban J connectivity index is 1.81. The van der Waals surface area contributed by atoms with Gasteiger partial charge < -0.3 is 9.84 Å². The number of hydrogen-bond donors (Lipinski definition) is 1. The molecule has 2 saturated carbocycles. The van der Waals surface area contributed by atoms with Crippen molar-refractivity contribution in [3.8, 4) is 0 Å². The second-order valence-electron chi connectivity index (χ2n) is 3.09. The van der Waals surface area contributed by atoms with Gasteiger partial charge in [0, 0.05) is 0 Å². The first kappa shape index (κ1) is 3.85. The molecule has 0 bridgehead atoms. The quantitative estimate of drug-likeness (QED) is 0.475. The smallest absolute Gasteiger partial charge is 0.111 e. The predicted octanol–water partition coefficient (Wildman–Crippen LogP) is -0.234. The fourth-order valence-corrected chi connectivity index (χ4v) is 1.98. The molecular formula is C6H8O2. The van der Waals surface area contributed by atoms with Crippen LogP contribution in [0.25, 0.3) is 0 Å². The van der Waals surface area contributed by atoms with E-state index in [-0.39, 0.29) is 18.3 Å². The topological polar surface area (TPSA) is 32.8 Å². The summed E-state index contributed by atoms with van der Waals surface area (Å²) in [5.74, 6) is 1.75. The van der Waals surface area contributed by atoms with Crippen molar-refractivity contribution in [1.29, 1.82) is 0 Å². The Morgan fingerprint density at radius 2 is 2.38 bits per heavy atom. The van der Waals surface area contributed by atoms with Crippen LogP contribution in [0.4, 0.5) is 0 Å². The zero-order valence-electron chi connectivity index (χ0n) is 4.50. The van der Waals surface area contributed by atoms with Crippen LogP contribution in [0.15, 0.2) is 0 Å². The third kappa shape index (κ3) is 0.198. The minimum atomic E-state index is 0.242. The molecule has 8 heavy (non-hydrogen) atoms. The molecule has 3 rings (SSSR count). The fraction of sp³-hybridized carbons (Fsp3) is 1.00. The molecule has 0 aromatic heterocycles. The fourth-order valence-electron chi connectivity index (χ4n) is 1.98. The molecule has 0 amide bonds. The first-order valence-electron chi connectivity index (χ1n) is 3.18. The van der Waals surface area contributed by atoms with Gasteiger partial charge in [-0.05, 0) is 18.3 Å². The molecule has 2 nitrogen and oxygen atoms in total. The minimum Gasteiger partial charge on any atom is -0.394 e. The highest BCUT2D eigenvalue weighted by atomic mass is 16.6. The average molecular weight is 112 g/mol. The summed E-state index contributed by atoms with van der Waals surface area (Å²) in [6.07, 6.45) is 1.61. The summed E-state index contributed by atoms with van der Waals surface area (Å²) in [6, 6.07) is 0. The number of fused-ring (bicyclic) bond motifs is 3. The Hall–Kier alpha value is -0.0800. The van der Waals surface area contributed by atoms with E-state index < -0.39 is 0 Å². The van der Waals surface area contributed by atoms with Crippen molar-refractivity contribution in [2.45, 2.75) is 18.1 Å². The van der Waals surface area contributed by atoms with E-state index in [1.165, 1.54) is 6.42 Å². The van der Waals surface area contributed by atoms with Gasteiger partial charge in [-0.1, -0.05) is 0 Å². The van der Waals surface area contributed by atoms with Crippen LogP contribution in [0.2, 0.25) is 0 Å². The van der Waals surface area contributed by atoms with Gasteiger partial charge in [0.1, 0.15) is 11.7 Å². The Morgan fingerprint density at radius 3 is 2.50 bits per heavy atom. The highest BCUT2D eigenvalue weighted by Crippen LogP contribution is 2.82. The van der Waals surface area contributed by atoms with Gasteiger partial charge in [0.05, 0.1) is 6.61 Å². The first-order valence-corrected chi connectivity index (χ1v) is 3.18. The zero-order valence-corrected chi connectivity index (χ0v) is 4.50. The molecule has 3 unspecified atom stereocenters. The predicted molar refractivity (Wildman–Crippen MR) is 26.3 cm³/mol. The summed E-state index contributed by atoms with van der Waals surface area (Å²) in [7, 11) is 0. The Morgan fingerprint density at radius 1 is 1.62 bits per heavy atom. The molecule has 1 spiro atoms. The zero-order chi connectivity index (χ0) is 5.35. The van der Waals surface area contributed by atoms with Gasteiger partial charge in [0.25, 0.3) is 0 Å². The summed E-state index contributed by atoms with van der Waals surface area (Å²) in [4.78, 5) is 0. The number of rotatable bonds is 1. The summed E-state index contributed by atoms with van der Waals surface area (Å²) >= 11 is 0. The van der Waals surface area contributed by atoms with Gasteiger partial charge in [-0.2, -0.15) is 0 Å². The third-order valence-corrected chi connectivity index (χ3v) is 2.80. The summed E-state index contributed by atoms with van der Waals surface area (Å²) in [5.41, 5.74) is 0.273. The molecule has 1 heterocycles. The number of aliphatic hydroxyl groups excluding tert-OH is 1.